The highest BCUT2D eigenvalue weighted by atomic mass is 79.9. The topological polar surface area (TPSA) is 72.2 Å². The predicted octanol–water partition coefficient (Wildman–Crippen LogP) is 1.26. The lowest BCUT2D eigenvalue weighted by molar-refractivity contribution is 0.385. The van der Waals surface area contributed by atoms with Crippen LogP contribution < -0.4 is 11.3 Å². The van der Waals surface area contributed by atoms with Crippen LogP contribution in [0.15, 0.2) is 28.7 Å². The first kappa shape index (κ1) is 14.0. The minimum atomic E-state index is -2.85. The lowest BCUT2D eigenvalue weighted by Gasteiger charge is -2.21. The van der Waals surface area contributed by atoms with E-state index in [1.807, 2.05) is 24.3 Å². The van der Waals surface area contributed by atoms with Crippen LogP contribution in [0.3, 0.4) is 0 Å². The van der Waals surface area contributed by atoms with Crippen LogP contribution in [0.4, 0.5) is 0 Å². The van der Waals surface area contributed by atoms with E-state index in [4.69, 9.17) is 5.84 Å². The molecule has 0 spiro atoms. The van der Waals surface area contributed by atoms with E-state index in [0.29, 0.717) is 6.42 Å². The zero-order valence-corrected chi connectivity index (χ0v) is 12.4. The van der Waals surface area contributed by atoms with Crippen LogP contribution in [0, 0.1) is 5.92 Å². The van der Waals surface area contributed by atoms with Crippen LogP contribution in [0.5, 0.6) is 0 Å². The average Bonchev–Trinajstić information content (AvgIpc) is 2.69. The molecule has 0 aromatic heterocycles. The second-order valence-electron chi connectivity index (χ2n) is 4.77. The molecule has 0 aliphatic carbocycles. The summed E-state index contributed by atoms with van der Waals surface area (Å²) in [5.74, 6) is 6.22. The Hall–Kier alpha value is -0.430. The van der Waals surface area contributed by atoms with Gasteiger partial charge in [0.2, 0.25) is 0 Å². The molecule has 3 N–H and O–H groups in total. The molecule has 6 heteroatoms. The first-order valence-electron chi connectivity index (χ1n) is 5.91. The number of hydrazine groups is 1. The van der Waals surface area contributed by atoms with Gasteiger partial charge in [0.05, 0.1) is 11.5 Å². The van der Waals surface area contributed by atoms with E-state index in [1.54, 1.807) is 0 Å². The van der Waals surface area contributed by atoms with E-state index >= 15 is 0 Å². The molecule has 0 bridgehead atoms. The Morgan fingerprint density at radius 3 is 2.56 bits per heavy atom. The smallest absolute Gasteiger partial charge is 0.150 e. The van der Waals surface area contributed by atoms with Crippen molar-refractivity contribution in [2.24, 2.45) is 11.8 Å². The molecule has 1 aliphatic heterocycles. The summed E-state index contributed by atoms with van der Waals surface area (Å²) in [6.45, 7) is 0. The van der Waals surface area contributed by atoms with Gasteiger partial charge in [0.25, 0.3) is 0 Å². The van der Waals surface area contributed by atoms with Crippen molar-refractivity contribution in [1.29, 1.82) is 0 Å². The fourth-order valence-electron chi connectivity index (χ4n) is 2.38. The molecule has 1 aromatic carbocycles. The van der Waals surface area contributed by atoms with Crippen molar-refractivity contribution in [3.8, 4) is 0 Å². The molecule has 0 radical (unpaired) electrons. The monoisotopic (exact) mass is 332 g/mol. The maximum Gasteiger partial charge on any atom is 0.150 e. The van der Waals surface area contributed by atoms with E-state index in [2.05, 4.69) is 21.4 Å². The normalized spacial score (nSPS) is 24.0. The largest absolute Gasteiger partial charge is 0.271 e. The summed E-state index contributed by atoms with van der Waals surface area (Å²) in [5, 5.41) is 0. The van der Waals surface area contributed by atoms with Crippen LogP contribution in [-0.2, 0) is 16.3 Å². The van der Waals surface area contributed by atoms with Crippen molar-refractivity contribution in [3.63, 3.8) is 0 Å². The Morgan fingerprint density at radius 2 is 2.06 bits per heavy atom. The first-order chi connectivity index (χ1) is 8.50. The van der Waals surface area contributed by atoms with Gasteiger partial charge in [-0.15, -0.1) is 0 Å². The van der Waals surface area contributed by atoms with Gasteiger partial charge < -0.3 is 0 Å². The molecule has 18 heavy (non-hydrogen) atoms. The van der Waals surface area contributed by atoms with Gasteiger partial charge in [0.15, 0.2) is 9.84 Å². The van der Waals surface area contributed by atoms with Crippen LogP contribution in [0.25, 0.3) is 0 Å². The number of hydrogen-bond acceptors (Lipinski definition) is 4. The minimum absolute atomic E-state index is 0.0171. The van der Waals surface area contributed by atoms with Gasteiger partial charge >= 0.3 is 0 Å². The molecule has 1 heterocycles. The van der Waals surface area contributed by atoms with Crippen LogP contribution in [-0.4, -0.2) is 26.0 Å². The van der Waals surface area contributed by atoms with Crippen molar-refractivity contribution in [2.75, 3.05) is 11.5 Å². The summed E-state index contributed by atoms with van der Waals surface area (Å²) >= 11 is 3.39. The molecule has 1 fully saturated rings. The lowest BCUT2D eigenvalue weighted by Crippen LogP contribution is -2.43. The Labute approximate surface area is 116 Å². The zero-order valence-electron chi connectivity index (χ0n) is 9.97. The van der Waals surface area contributed by atoms with Crippen LogP contribution in [0.2, 0.25) is 0 Å². The molecule has 0 amide bonds. The van der Waals surface area contributed by atoms with E-state index in [0.717, 1.165) is 16.5 Å². The highest BCUT2D eigenvalue weighted by Gasteiger charge is 2.33. The van der Waals surface area contributed by atoms with Gasteiger partial charge in [0.1, 0.15) is 0 Å². The summed E-state index contributed by atoms with van der Waals surface area (Å²) < 4.78 is 24.0. The van der Waals surface area contributed by atoms with E-state index < -0.39 is 9.84 Å². The molecule has 4 nitrogen and oxygen atoms in total. The quantitative estimate of drug-likeness (QED) is 0.643. The Bertz CT molecular complexity index is 501. The van der Waals surface area contributed by atoms with Gasteiger partial charge in [-0.05, 0) is 36.5 Å². The maximum absolute atomic E-state index is 11.5. The maximum atomic E-state index is 11.5. The van der Waals surface area contributed by atoms with E-state index in [1.165, 1.54) is 0 Å². The zero-order chi connectivity index (χ0) is 13.2. The third-order valence-corrected chi connectivity index (χ3v) is 5.74. The molecule has 1 aromatic rings. The third kappa shape index (κ3) is 3.54. The third-order valence-electron chi connectivity index (χ3n) is 3.42. The van der Waals surface area contributed by atoms with Crippen LogP contribution >= 0.6 is 15.9 Å². The summed E-state index contributed by atoms with van der Waals surface area (Å²) in [6.07, 6.45) is 1.46. The molecule has 2 atom stereocenters. The number of sulfone groups is 1. The molecule has 2 rings (SSSR count). The summed E-state index contributed by atoms with van der Waals surface area (Å²) in [5.41, 5.74) is 3.93. The van der Waals surface area contributed by atoms with Crippen molar-refractivity contribution < 1.29 is 8.42 Å². The number of nitrogens with one attached hydrogen (secondary N) is 1. The molecule has 1 aliphatic rings. The summed E-state index contributed by atoms with van der Waals surface area (Å²) in [6, 6.07) is 8.03. The van der Waals surface area contributed by atoms with Gasteiger partial charge in [-0.25, -0.2) is 8.42 Å². The standard InChI is InChI=1S/C12H17BrN2O2S/c13-11-3-1-9(2-4-11)7-12(15-14)10-5-6-18(16,17)8-10/h1-4,10,12,15H,5-8,14H2. The number of nitrogens with two attached hydrogens (primary N) is 1. The molecule has 1 saturated heterocycles. The van der Waals surface area contributed by atoms with Crippen molar-refractivity contribution in [2.45, 2.75) is 18.9 Å². The Morgan fingerprint density at radius 1 is 1.39 bits per heavy atom. The predicted molar refractivity (Wildman–Crippen MR) is 75.7 cm³/mol. The van der Waals surface area contributed by atoms with E-state index in [-0.39, 0.29) is 23.5 Å². The fourth-order valence-corrected chi connectivity index (χ4v) is 4.52. The Balaban J connectivity index is 2.04. The van der Waals surface area contributed by atoms with Crippen LogP contribution in [0.1, 0.15) is 12.0 Å². The van der Waals surface area contributed by atoms with Gasteiger partial charge in [-0.2, -0.15) is 0 Å². The number of rotatable bonds is 4. The van der Waals surface area contributed by atoms with Crippen molar-refractivity contribution in [1.82, 2.24) is 5.43 Å². The van der Waals surface area contributed by atoms with E-state index in [9.17, 15) is 8.42 Å². The molecular formula is C12H17BrN2O2S. The molecule has 2 unspecified atom stereocenters. The highest BCUT2D eigenvalue weighted by Crippen LogP contribution is 2.24. The highest BCUT2D eigenvalue weighted by molar-refractivity contribution is 9.10. The van der Waals surface area contributed by atoms with Gasteiger partial charge in [-0.1, -0.05) is 28.1 Å². The summed E-state index contributed by atoms with van der Waals surface area (Å²) in [4.78, 5) is 0. The SMILES string of the molecule is NNC(Cc1ccc(Br)cc1)C1CCS(=O)(=O)C1. The molecule has 100 valence electrons. The average molecular weight is 333 g/mol. The van der Waals surface area contributed by atoms with Gasteiger partial charge in [0, 0.05) is 10.5 Å². The molecular weight excluding hydrogens is 316 g/mol. The number of benzene rings is 1. The number of hydrogen-bond donors (Lipinski definition) is 2. The minimum Gasteiger partial charge on any atom is -0.271 e. The van der Waals surface area contributed by atoms with Crippen molar-refractivity contribution >= 4 is 25.8 Å². The second kappa shape index (κ2) is 5.69. The lowest BCUT2D eigenvalue weighted by atomic mass is 9.93. The molecule has 0 saturated carbocycles. The fraction of sp³-hybridized carbons (Fsp3) is 0.500. The number of halogens is 1. The second-order valence-corrected chi connectivity index (χ2v) is 7.91. The Kier molecular flexibility index (Phi) is 4.42. The summed E-state index contributed by atoms with van der Waals surface area (Å²) in [7, 11) is -2.85. The first-order valence-corrected chi connectivity index (χ1v) is 8.52. The van der Waals surface area contributed by atoms with Crippen molar-refractivity contribution in [3.05, 3.63) is 34.3 Å². The van der Waals surface area contributed by atoms with Gasteiger partial charge in [-0.3, -0.25) is 11.3 Å².